The summed E-state index contributed by atoms with van der Waals surface area (Å²) in [6.45, 7) is 0. The molecule has 0 fully saturated rings. The van der Waals surface area contributed by atoms with Gasteiger partial charge in [-0.1, -0.05) is 34.9 Å². The molecule has 0 aliphatic carbocycles. The topological polar surface area (TPSA) is 54.0 Å². The number of hydrogen-bond acceptors (Lipinski definition) is 2. The van der Waals surface area contributed by atoms with Crippen LogP contribution in [0.3, 0.4) is 0 Å². The maximum atomic E-state index is 10.2. The number of rotatable bonds is 2. The van der Waals surface area contributed by atoms with E-state index >= 15 is 0 Å². The molecule has 1 aromatic carbocycles. The third-order valence-corrected chi connectivity index (χ3v) is 1.70. The van der Waals surface area contributed by atoms with E-state index in [1.54, 1.807) is 24.3 Å². The van der Waals surface area contributed by atoms with Gasteiger partial charge in [-0.3, -0.25) is 0 Å². The van der Waals surface area contributed by atoms with Gasteiger partial charge in [0.15, 0.2) is 0 Å². The molecule has 4 heteroatoms. The van der Waals surface area contributed by atoms with Crippen LogP contribution in [-0.4, -0.2) is 8.42 Å². The fraction of sp³-hybridized carbons (Fsp3) is 0. The van der Waals surface area contributed by atoms with Crippen LogP contribution in [0, 0.1) is 0 Å². The molecule has 3 nitrogen and oxygen atoms in total. The quantitative estimate of drug-likeness (QED) is 0.696. The van der Waals surface area contributed by atoms with E-state index in [1.807, 2.05) is 6.07 Å². The molecule has 1 rings (SSSR count). The van der Waals surface area contributed by atoms with Gasteiger partial charge in [0.2, 0.25) is 0 Å². The molecule has 12 heavy (non-hydrogen) atoms. The summed E-state index contributed by atoms with van der Waals surface area (Å²) in [4.78, 5) is 0. The average Bonchev–Trinajstić information content (AvgIpc) is 2.02. The van der Waals surface area contributed by atoms with Gasteiger partial charge in [-0.15, -0.1) is 0 Å². The van der Waals surface area contributed by atoms with Crippen LogP contribution < -0.4 is 0 Å². The van der Waals surface area contributed by atoms with Crippen molar-refractivity contribution in [2.24, 2.45) is 0 Å². The van der Waals surface area contributed by atoms with Crippen LogP contribution in [0.4, 0.5) is 0 Å². The summed E-state index contributed by atoms with van der Waals surface area (Å²) in [5.74, 6) is 0. The summed E-state index contributed by atoms with van der Waals surface area (Å²) in [6, 6.07) is 8.75. The summed E-state index contributed by atoms with van der Waals surface area (Å²) >= 11 is 0. The maximum Gasteiger partial charge on any atom is 0.317 e. The molecule has 0 amide bonds. The zero-order valence-corrected chi connectivity index (χ0v) is 6.99. The van der Waals surface area contributed by atoms with Crippen molar-refractivity contribution in [2.75, 3.05) is 0 Å². The highest BCUT2D eigenvalue weighted by molar-refractivity contribution is 7.88. The van der Waals surface area contributed by atoms with Gasteiger partial charge in [0, 0.05) is 0 Å². The SMILES string of the molecule is [O]S(=O)(=O)C=Cc1ccccc1. The van der Waals surface area contributed by atoms with E-state index in [-0.39, 0.29) is 0 Å². The lowest BCUT2D eigenvalue weighted by atomic mass is 10.2. The molecule has 0 unspecified atom stereocenters. The predicted octanol–water partition coefficient (Wildman–Crippen LogP) is 1.42. The Morgan fingerprint density at radius 2 is 1.67 bits per heavy atom. The second-order valence-corrected chi connectivity index (χ2v) is 3.46. The Hall–Kier alpha value is -1.13. The Bertz CT molecular complexity index is 365. The van der Waals surface area contributed by atoms with Gasteiger partial charge < -0.3 is 0 Å². The van der Waals surface area contributed by atoms with E-state index in [0.717, 1.165) is 0 Å². The molecule has 0 spiro atoms. The Kier molecular flexibility index (Phi) is 2.62. The van der Waals surface area contributed by atoms with Crippen LogP contribution in [0.1, 0.15) is 5.56 Å². The molecular formula is C8H7O3S. The first kappa shape index (κ1) is 8.96. The van der Waals surface area contributed by atoms with Crippen LogP contribution in [0.25, 0.3) is 6.08 Å². The van der Waals surface area contributed by atoms with Crippen molar-refractivity contribution in [3.05, 3.63) is 41.3 Å². The average molecular weight is 183 g/mol. The molecule has 0 saturated heterocycles. The smallest absolute Gasteiger partial charge is 0.192 e. The van der Waals surface area contributed by atoms with Crippen molar-refractivity contribution in [3.8, 4) is 0 Å². The summed E-state index contributed by atoms with van der Waals surface area (Å²) in [5, 5.41) is 0.641. The molecule has 0 heterocycles. The molecule has 0 aliphatic heterocycles. The second-order valence-electron chi connectivity index (χ2n) is 2.21. The van der Waals surface area contributed by atoms with Gasteiger partial charge in [0.1, 0.15) is 0 Å². The highest BCUT2D eigenvalue weighted by Gasteiger charge is 1.97. The van der Waals surface area contributed by atoms with Crippen molar-refractivity contribution in [1.29, 1.82) is 0 Å². The zero-order valence-electron chi connectivity index (χ0n) is 6.17. The van der Waals surface area contributed by atoms with Gasteiger partial charge in [-0.05, 0) is 11.6 Å². The minimum atomic E-state index is -4.25. The van der Waals surface area contributed by atoms with Crippen molar-refractivity contribution < 1.29 is 13.0 Å². The molecule has 0 aliphatic rings. The number of benzene rings is 1. The van der Waals surface area contributed by atoms with Crippen LogP contribution in [-0.2, 0) is 14.7 Å². The van der Waals surface area contributed by atoms with Crippen LogP contribution in [0.15, 0.2) is 35.7 Å². The minimum Gasteiger partial charge on any atom is -0.192 e. The number of hydrogen-bond donors (Lipinski definition) is 0. The molecule has 63 valence electrons. The lowest BCUT2D eigenvalue weighted by molar-refractivity contribution is 0.424. The van der Waals surface area contributed by atoms with Gasteiger partial charge in [-0.25, -0.2) is 0 Å². The van der Waals surface area contributed by atoms with E-state index in [4.69, 9.17) is 0 Å². The summed E-state index contributed by atoms with van der Waals surface area (Å²) in [5.41, 5.74) is 0.692. The fourth-order valence-corrected chi connectivity index (χ4v) is 1.05. The third-order valence-electron chi connectivity index (χ3n) is 1.23. The Morgan fingerprint density at radius 1 is 1.08 bits per heavy atom. The molecule has 0 atom stereocenters. The van der Waals surface area contributed by atoms with Crippen molar-refractivity contribution in [1.82, 2.24) is 0 Å². The first-order chi connectivity index (χ1) is 5.58. The monoisotopic (exact) mass is 183 g/mol. The lowest BCUT2D eigenvalue weighted by Gasteiger charge is -1.88. The highest BCUT2D eigenvalue weighted by Crippen LogP contribution is 2.02. The van der Waals surface area contributed by atoms with Gasteiger partial charge in [0.05, 0.1) is 5.41 Å². The van der Waals surface area contributed by atoms with Crippen LogP contribution in [0.2, 0.25) is 0 Å². The molecule has 1 radical (unpaired) electrons. The van der Waals surface area contributed by atoms with Gasteiger partial charge in [0.25, 0.3) is 0 Å². The standard InChI is InChI=1S/C8H7O3S/c9-12(10,11)7-6-8-4-2-1-3-5-8/h1-7H. The van der Waals surface area contributed by atoms with Crippen molar-refractivity contribution in [3.63, 3.8) is 0 Å². The van der Waals surface area contributed by atoms with Crippen LogP contribution >= 0.6 is 0 Å². The zero-order chi connectivity index (χ0) is 9.03. The maximum absolute atomic E-state index is 10.2. The normalized spacial score (nSPS) is 12.1. The van der Waals surface area contributed by atoms with E-state index < -0.39 is 10.1 Å². The Balaban J connectivity index is 2.85. The van der Waals surface area contributed by atoms with Gasteiger partial charge >= 0.3 is 10.1 Å². The van der Waals surface area contributed by atoms with Gasteiger partial charge in [-0.2, -0.15) is 8.42 Å². The largest absolute Gasteiger partial charge is 0.317 e. The second kappa shape index (κ2) is 3.51. The molecule has 0 bridgehead atoms. The van der Waals surface area contributed by atoms with Crippen molar-refractivity contribution in [2.45, 2.75) is 0 Å². The lowest BCUT2D eigenvalue weighted by Crippen LogP contribution is -1.86. The van der Waals surface area contributed by atoms with E-state index in [9.17, 15) is 13.0 Å². The van der Waals surface area contributed by atoms with E-state index in [0.29, 0.717) is 11.0 Å². The molecule has 0 aromatic heterocycles. The summed E-state index contributed by atoms with van der Waals surface area (Å²) < 4.78 is 30.5. The fourth-order valence-electron chi connectivity index (χ4n) is 0.726. The Morgan fingerprint density at radius 3 is 2.17 bits per heavy atom. The van der Waals surface area contributed by atoms with Crippen LogP contribution in [0.5, 0.6) is 0 Å². The molecule has 1 aromatic rings. The predicted molar refractivity (Wildman–Crippen MR) is 45.1 cm³/mol. The first-order valence-electron chi connectivity index (χ1n) is 3.27. The summed E-state index contributed by atoms with van der Waals surface area (Å²) in [6.07, 6.45) is 1.27. The first-order valence-corrected chi connectivity index (χ1v) is 4.74. The molecule has 0 saturated carbocycles. The third kappa shape index (κ3) is 3.32. The van der Waals surface area contributed by atoms with E-state index in [1.165, 1.54) is 6.08 Å². The molecular weight excluding hydrogens is 176 g/mol. The van der Waals surface area contributed by atoms with Crippen molar-refractivity contribution >= 4 is 16.2 Å². The van der Waals surface area contributed by atoms with E-state index in [2.05, 4.69) is 0 Å². The Labute approximate surface area is 71.1 Å². The minimum absolute atomic E-state index is 0.641. The highest BCUT2D eigenvalue weighted by atomic mass is 32.2. The molecule has 0 N–H and O–H groups in total. The summed E-state index contributed by atoms with van der Waals surface area (Å²) in [7, 11) is -4.25.